The van der Waals surface area contributed by atoms with Crippen LogP contribution in [0.4, 0.5) is 32.2 Å². The molecule has 6 bridgehead atoms. The number of benzene rings is 3. The van der Waals surface area contributed by atoms with Gasteiger partial charge in [0.2, 0.25) is 15.9 Å². The lowest BCUT2D eigenvalue weighted by atomic mass is 9.66. The minimum Gasteiger partial charge on any atom is -0.443 e. The van der Waals surface area contributed by atoms with Crippen molar-refractivity contribution < 1.29 is 57.8 Å². The van der Waals surface area contributed by atoms with Crippen LogP contribution in [0.3, 0.4) is 0 Å². The van der Waals surface area contributed by atoms with Gasteiger partial charge in [-0.25, -0.2) is 73.1 Å². The number of aromatic amines is 1. The molecule has 24 nitrogen and oxygen atoms in total. The van der Waals surface area contributed by atoms with E-state index in [0.29, 0.717) is 51.1 Å². The number of sulfonamides is 1. The maximum atomic E-state index is 15.2. The first kappa shape index (κ1) is 76.9. The highest BCUT2D eigenvalue weighted by molar-refractivity contribution is 7.92. The van der Waals surface area contributed by atoms with Crippen LogP contribution in [0, 0.1) is 64.0 Å². The van der Waals surface area contributed by atoms with Crippen molar-refractivity contribution >= 4 is 25.7 Å². The number of nitrogens with one attached hydrogen (secondary N) is 2. The molecule has 9 aromatic heterocycles. The number of halogens is 6. The third kappa shape index (κ3) is 12.1. The topological polar surface area (TPSA) is 343 Å². The maximum absolute atomic E-state index is 15.2. The average molecular weight is 1590 g/mol. The van der Waals surface area contributed by atoms with Crippen LogP contribution in [0.2, 0.25) is 0 Å². The van der Waals surface area contributed by atoms with E-state index in [-0.39, 0.29) is 102 Å². The van der Waals surface area contributed by atoms with E-state index in [1.54, 1.807) is 62.0 Å². The highest BCUT2D eigenvalue weighted by Gasteiger charge is 2.68. The number of aliphatic hydroxyl groups excluding tert-OH is 2. The summed E-state index contributed by atoms with van der Waals surface area (Å²) in [6.07, 6.45) is 15.7. The number of aryl methyl sites for hydroxylation is 1. The van der Waals surface area contributed by atoms with Gasteiger partial charge in [0.05, 0.1) is 115 Å². The molecular formula is C82H77F6N17O7S2. The number of aromatic nitrogens is 16. The summed E-state index contributed by atoms with van der Waals surface area (Å²) in [5.74, 6) is -3.03. The molecule has 6 aliphatic rings. The summed E-state index contributed by atoms with van der Waals surface area (Å²) in [5.41, 5.74) is 6.27. The van der Waals surface area contributed by atoms with E-state index in [4.69, 9.17) is 14.4 Å². The van der Waals surface area contributed by atoms with E-state index >= 15 is 8.78 Å². The van der Waals surface area contributed by atoms with Crippen molar-refractivity contribution in [2.24, 2.45) is 22.2 Å². The number of H-pyrrole nitrogens is 1. The molecule has 586 valence electrons. The summed E-state index contributed by atoms with van der Waals surface area (Å²) in [6.45, 7) is 17.9. The lowest BCUT2D eigenvalue weighted by Crippen LogP contribution is -2.38. The number of fused-ring (bicyclic) bond motifs is 15. The molecule has 0 aliphatic heterocycles. The van der Waals surface area contributed by atoms with Crippen molar-refractivity contribution in [2.45, 2.75) is 153 Å². The second kappa shape index (κ2) is 27.6. The van der Waals surface area contributed by atoms with Crippen molar-refractivity contribution in [3.63, 3.8) is 0 Å². The fourth-order valence-corrected chi connectivity index (χ4v) is 20.2. The third-order valence-corrected chi connectivity index (χ3v) is 26.4. The summed E-state index contributed by atoms with van der Waals surface area (Å²) in [5, 5.41) is 53.3. The van der Waals surface area contributed by atoms with Crippen LogP contribution in [-0.4, -0.2) is 120 Å². The Bertz CT molecular complexity index is 6110. The largest absolute Gasteiger partial charge is 0.443 e. The van der Waals surface area contributed by atoms with Crippen LogP contribution in [-0.2, 0) is 42.7 Å². The predicted molar refractivity (Wildman–Crippen MR) is 406 cm³/mol. The van der Waals surface area contributed by atoms with E-state index in [0.717, 1.165) is 84.8 Å². The molecule has 3 aromatic carbocycles. The summed E-state index contributed by atoms with van der Waals surface area (Å²) in [7, 11) is -7.09. The molecule has 0 spiro atoms. The van der Waals surface area contributed by atoms with Crippen LogP contribution in [0.15, 0.2) is 138 Å². The molecule has 18 rings (SSSR count). The molecular weight excluding hydrogens is 1510 g/mol. The van der Waals surface area contributed by atoms with Gasteiger partial charge in [-0.05, 0) is 175 Å². The summed E-state index contributed by atoms with van der Waals surface area (Å²) >= 11 is 0. The molecule has 9 heterocycles. The summed E-state index contributed by atoms with van der Waals surface area (Å²) < 4.78 is 144. The van der Waals surface area contributed by atoms with Crippen molar-refractivity contribution in [1.82, 2.24) is 80.7 Å². The van der Waals surface area contributed by atoms with Gasteiger partial charge in [0.1, 0.15) is 70.3 Å². The highest BCUT2D eigenvalue weighted by atomic mass is 32.2. The van der Waals surface area contributed by atoms with E-state index in [9.17, 15) is 44.6 Å². The average Bonchev–Trinajstić information content (AvgIpc) is 1.52. The smallest absolute Gasteiger partial charge is 0.247 e. The van der Waals surface area contributed by atoms with E-state index in [1.165, 1.54) is 67.1 Å². The van der Waals surface area contributed by atoms with Gasteiger partial charge in [0.15, 0.2) is 20.7 Å². The number of hydrogen-bond donors (Lipinski definition) is 4. The molecule has 0 unspecified atom stereocenters. The second-order valence-corrected chi connectivity index (χ2v) is 36.0. The molecule has 3 saturated carbocycles. The Balaban J connectivity index is 0.000000129. The van der Waals surface area contributed by atoms with Crippen LogP contribution in [0.25, 0.3) is 68.0 Å². The molecule has 4 N–H and O–H groups in total. The number of sulfone groups is 1. The number of anilines is 1. The lowest BCUT2D eigenvalue weighted by Gasteiger charge is -2.37. The summed E-state index contributed by atoms with van der Waals surface area (Å²) in [4.78, 5) is 36.2. The first-order valence-corrected chi connectivity index (χ1v) is 40.8. The fourth-order valence-electron chi connectivity index (χ4n) is 19.1. The highest BCUT2D eigenvalue weighted by Crippen LogP contribution is 2.72. The molecule has 3 fully saturated rings. The minimum atomic E-state index is -3.59. The zero-order chi connectivity index (χ0) is 80.9. The van der Waals surface area contributed by atoms with Crippen LogP contribution in [0.5, 0.6) is 0 Å². The van der Waals surface area contributed by atoms with E-state index in [2.05, 4.69) is 117 Å². The Morgan fingerprint density at radius 1 is 0.535 bits per heavy atom. The molecule has 114 heavy (non-hydrogen) atoms. The van der Waals surface area contributed by atoms with Crippen molar-refractivity contribution in [3.05, 3.63) is 231 Å². The molecule has 6 aliphatic carbocycles. The van der Waals surface area contributed by atoms with Gasteiger partial charge in [0, 0.05) is 41.5 Å². The van der Waals surface area contributed by atoms with Gasteiger partial charge in [-0.2, -0.15) is 20.4 Å². The standard InChI is InChI=1S/C28H26F2N6O3S.C28H27F2N5O2.C26H24F2N6O2S/c1-27(2)18-7-8-28(27,25-17(18)10-21(34-35-25)24-19(29)5-4-6-20(24)30)23-13-31-12-22(33-23)15-9-16(14-37)26(32-11-15)36-40(3,38)39;1-14(2)24(36)21-13-37-26(33-21)20-11-31-12-22(32-20)28-9-8-16(27(28,3)4)15-10-19(34-35-25(15)28)23-17(29)6-5-7-18(23)30;1-13-29-24(34-31-13)14-10-17(27)22(18(28)11-14)19-12-15-16-8-9-26(25(16,2)3,23(15)33-32-19)20-6-5-7-21(30-20)37(4,35)36/h4-6,9-13,18,37H,7-8,14H2,1-3H3,(H,32,36);5-7,10-14,16,24,36H,8-9H2,1-4H3;5-7,10-12,16H,8-9H2,1-4H3,(H,29,31,34)/t18-,28-;16-,24+,28-;16-,26-/m000/s1. The third-order valence-electron chi connectivity index (χ3n) is 24.8. The van der Waals surface area contributed by atoms with Gasteiger partial charge in [-0.1, -0.05) is 73.6 Å². The number of hydrogen-bond acceptors (Lipinski definition) is 22. The number of nitrogens with zero attached hydrogens (tertiary/aromatic N) is 15. The van der Waals surface area contributed by atoms with Gasteiger partial charge in [-0.15, -0.1) is 15.3 Å². The molecule has 12 aromatic rings. The Morgan fingerprint density at radius 2 is 0.991 bits per heavy atom. The Labute approximate surface area is 651 Å². The minimum absolute atomic E-state index is 0.00230. The Morgan fingerprint density at radius 3 is 1.44 bits per heavy atom. The number of rotatable bonds is 15. The monoisotopic (exact) mass is 1590 g/mol. The first-order valence-electron chi connectivity index (χ1n) is 37.0. The molecule has 0 amide bonds. The van der Waals surface area contributed by atoms with E-state index < -0.39 is 83.7 Å². The van der Waals surface area contributed by atoms with Crippen LogP contribution >= 0.6 is 0 Å². The van der Waals surface area contributed by atoms with Crippen molar-refractivity contribution in [1.29, 1.82) is 0 Å². The van der Waals surface area contributed by atoms with Gasteiger partial charge in [-0.3, -0.25) is 19.8 Å². The summed E-state index contributed by atoms with van der Waals surface area (Å²) in [6, 6.07) is 21.7. The van der Waals surface area contributed by atoms with Gasteiger partial charge >= 0.3 is 0 Å². The zero-order valence-electron chi connectivity index (χ0n) is 63.7. The van der Waals surface area contributed by atoms with Gasteiger partial charge in [0.25, 0.3) is 0 Å². The van der Waals surface area contributed by atoms with Crippen molar-refractivity contribution in [3.8, 4) is 68.0 Å². The number of aliphatic hydroxyl groups is 2. The fraction of sp³-hybridized carbons (Fsp3) is 0.354. The Kier molecular flexibility index (Phi) is 18.6. The molecule has 0 saturated heterocycles. The maximum Gasteiger partial charge on any atom is 0.247 e. The first-order chi connectivity index (χ1) is 54.0. The number of pyridine rings is 2. The second-order valence-electron chi connectivity index (χ2n) is 32.3. The molecule has 32 heteroatoms. The SMILES string of the molecule is CC(C)[C@@H](O)c1coc(-c2cncc([C@@]34CC[C@@H](c5cc(-c6c(F)cccc6F)nnc53)C4(C)C)n2)n1.CC1(C)[C@H]2CC[C@]1(c1cncc(-c3cnc(NS(C)(=O)=O)c(CO)c3)n1)c1nnc(-c3c(F)cccc3F)cc12.Cc1nc(-c2cc(F)c(-c3cc4c(nn3)[C@@]3(c5cccc(S(C)(=O)=O)n5)CC[C@@H]4C3(C)C)c(F)c2)n[nH]1. The lowest BCUT2D eigenvalue weighted by molar-refractivity contribution is 0.122. The van der Waals surface area contributed by atoms with Crippen LogP contribution in [0.1, 0.15) is 186 Å². The number of oxazole rings is 1. The quantitative estimate of drug-likeness (QED) is 0.0693. The van der Waals surface area contributed by atoms with E-state index in [1.807, 2.05) is 19.9 Å². The normalized spacial score (nSPS) is 21.7. The zero-order valence-corrected chi connectivity index (χ0v) is 65.3. The van der Waals surface area contributed by atoms with Crippen LogP contribution < -0.4 is 4.72 Å². The molecule has 0 radical (unpaired) electrons. The molecule has 7 atom stereocenters. The predicted octanol–water partition coefficient (Wildman–Crippen LogP) is 14.6. The van der Waals surface area contributed by atoms with Crippen molar-refractivity contribution in [2.75, 3.05) is 17.2 Å². The Hall–Kier alpha value is -11.1. The van der Waals surface area contributed by atoms with Gasteiger partial charge < -0.3 is 14.6 Å².